The highest BCUT2D eigenvalue weighted by Crippen LogP contribution is 2.30. The summed E-state index contributed by atoms with van der Waals surface area (Å²) in [5.41, 5.74) is 0.436. The molecule has 3 heteroatoms. The zero-order valence-electron chi connectivity index (χ0n) is 11.0. The van der Waals surface area contributed by atoms with Crippen LogP contribution in [0.5, 0.6) is 0 Å². The van der Waals surface area contributed by atoms with Crippen molar-refractivity contribution in [1.82, 2.24) is 10.2 Å². The van der Waals surface area contributed by atoms with E-state index in [0.29, 0.717) is 17.5 Å². The predicted molar refractivity (Wildman–Crippen MR) is 66.7 cm³/mol. The van der Waals surface area contributed by atoms with Gasteiger partial charge in [0.25, 0.3) is 0 Å². The highest BCUT2D eigenvalue weighted by Gasteiger charge is 2.34. The highest BCUT2D eigenvalue weighted by molar-refractivity contribution is 4.91. The number of nitrogens with zero attached hydrogens (tertiary/aromatic N) is 1. The molecule has 0 aromatic heterocycles. The Kier molecular flexibility index (Phi) is 3.88. The summed E-state index contributed by atoms with van der Waals surface area (Å²) in [6, 6.07) is 1.27. The quantitative estimate of drug-likeness (QED) is 0.789. The molecule has 2 unspecified atom stereocenters. The first-order chi connectivity index (χ1) is 7.59. The fourth-order valence-corrected chi connectivity index (χ4v) is 2.89. The normalized spacial score (nSPS) is 34.5. The van der Waals surface area contributed by atoms with Crippen molar-refractivity contribution >= 4 is 0 Å². The van der Waals surface area contributed by atoms with Crippen LogP contribution in [0.1, 0.15) is 33.1 Å². The lowest BCUT2D eigenvalue weighted by Gasteiger charge is -2.42. The van der Waals surface area contributed by atoms with Crippen LogP contribution < -0.4 is 5.32 Å². The summed E-state index contributed by atoms with van der Waals surface area (Å²) >= 11 is 0. The second-order valence-electron chi connectivity index (χ2n) is 6.06. The molecule has 0 aliphatic carbocycles. The van der Waals surface area contributed by atoms with Gasteiger partial charge in [0.15, 0.2) is 0 Å². The molecule has 0 saturated carbocycles. The van der Waals surface area contributed by atoms with E-state index < -0.39 is 0 Å². The Morgan fingerprint density at radius 2 is 2.25 bits per heavy atom. The molecule has 0 amide bonds. The lowest BCUT2D eigenvalue weighted by atomic mass is 9.77. The maximum Gasteiger partial charge on any atom is 0.0622 e. The van der Waals surface area contributed by atoms with Gasteiger partial charge < -0.3 is 10.1 Å². The number of ether oxygens (including phenoxy) is 1. The van der Waals surface area contributed by atoms with Crippen molar-refractivity contribution in [1.29, 1.82) is 0 Å². The van der Waals surface area contributed by atoms with Crippen LogP contribution in [-0.2, 0) is 4.74 Å². The molecule has 94 valence electrons. The molecule has 1 N–H and O–H groups in total. The van der Waals surface area contributed by atoms with E-state index in [9.17, 15) is 0 Å². The molecule has 2 saturated heterocycles. The first-order valence-electron chi connectivity index (χ1n) is 6.61. The summed E-state index contributed by atoms with van der Waals surface area (Å²) in [5.74, 6) is 0. The first kappa shape index (κ1) is 12.3. The van der Waals surface area contributed by atoms with Gasteiger partial charge in [0.05, 0.1) is 6.61 Å². The molecule has 2 rings (SSSR count). The Hall–Kier alpha value is -0.120. The molecule has 0 radical (unpaired) electrons. The number of likely N-dealkylation sites (N-methyl/N-ethyl adjacent to an activating group) is 1. The predicted octanol–water partition coefficient (Wildman–Crippen LogP) is 1.49. The van der Waals surface area contributed by atoms with Crippen LogP contribution in [0.2, 0.25) is 0 Å². The van der Waals surface area contributed by atoms with Gasteiger partial charge in [0.2, 0.25) is 0 Å². The summed E-state index contributed by atoms with van der Waals surface area (Å²) < 4.78 is 5.46. The Morgan fingerprint density at radius 1 is 1.44 bits per heavy atom. The van der Waals surface area contributed by atoms with Gasteiger partial charge in [0, 0.05) is 25.2 Å². The van der Waals surface area contributed by atoms with Crippen LogP contribution in [0.15, 0.2) is 0 Å². The molecule has 2 atom stereocenters. The van der Waals surface area contributed by atoms with Crippen LogP contribution in [0.3, 0.4) is 0 Å². The van der Waals surface area contributed by atoms with Crippen LogP contribution >= 0.6 is 0 Å². The van der Waals surface area contributed by atoms with E-state index in [1.54, 1.807) is 0 Å². The average molecular weight is 226 g/mol. The lowest BCUT2D eigenvalue weighted by molar-refractivity contribution is 0.107. The second-order valence-corrected chi connectivity index (χ2v) is 6.06. The van der Waals surface area contributed by atoms with Crippen molar-refractivity contribution in [2.75, 3.05) is 33.4 Å². The van der Waals surface area contributed by atoms with E-state index in [4.69, 9.17) is 4.74 Å². The molecule has 2 aliphatic heterocycles. The van der Waals surface area contributed by atoms with E-state index in [2.05, 4.69) is 31.1 Å². The minimum atomic E-state index is 0.436. The minimum Gasteiger partial charge on any atom is -0.380 e. The summed E-state index contributed by atoms with van der Waals surface area (Å²) in [4.78, 5) is 2.48. The highest BCUT2D eigenvalue weighted by atomic mass is 16.5. The molecule has 16 heavy (non-hydrogen) atoms. The monoisotopic (exact) mass is 226 g/mol. The van der Waals surface area contributed by atoms with E-state index in [1.807, 2.05) is 0 Å². The van der Waals surface area contributed by atoms with Gasteiger partial charge in [0.1, 0.15) is 0 Å². The van der Waals surface area contributed by atoms with Crippen LogP contribution in [0.4, 0.5) is 0 Å². The Balaban J connectivity index is 1.87. The van der Waals surface area contributed by atoms with E-state index in [-0.39, 0.29) is 0 Å². The van der Waals surface area contributed by atoms with E-state index in [1.165, 1.54) is 25.8 Å². The van der Waals surface area contributed by atoms with Gasteiger partial charge in [-0.1, -0.05) is 13.8 Å². The zero-order chi connectivity index (χ0) is 11.6. The van der Waals surface area contributed by atoms with Crippen molar-refractivity contribution in [2.45, 2.75) is 45.2 Å². The standard InChI is InChI=1S/C13H26N2O/c1-13(2)6-4-7-14-12(13)9-15(3)11-5-8-16-10-11/h11-12,14H,4-10H2,1-3H3. The molecule has 2 fully saturated rings. The van der Waals surface area contributed by atoms with Crippen LogP contribution in [-0.4, -0.2) is 50.3 Å². The molecule has 0 aromatic carbocycles. The van der Waals surface area contributed by atoms with Crippen LogP contribution in [0.25, 0.3) is 0 Å². The van der Waals surface area contributed by atoms with Crippen LogP contribution in [0, 0.1) is 5.41 Å². The van der Waals surface area contributed by atoms with Crippen molar-refractivity contribution in [3.05, 3.63) is 0 Å². The van der Waals surface area contributed by atoms with E-state index in [0.717, 1.165) is 19.8 Å². The number of nitrogens with one attached hydrogen (secondary N) is 1. The lowest BCUT2D eigenvalue weighted by Crippen LogP contribution is -2.53. The molecular weight excluding hydrogens is 200 g/mol. The fraction of sp³-hybridized carbons (Fsp3) is 1.00. The van der Waals surface area contributed by atoms with Gasteiger partial charge >= 0.3 is 0 Å². The van der Waals surface area contributed by atoms with Gasteiger partial charge in [-0.05, 0) is 38.3 Å². The number of rotatable bonds is 3. The Labute approximate surface area is 99.5 Å². The Bertz CT molecular complexity index is 224. The molecule has 0 aromatic rings. The van der Waals surface area contributed by atoms with Crippen molar-refractivity contribution in [3.8, 4) is 0 Å². The number of piperidine rings is 1. The minimum absolute atomic E-state index is 0.436. The smallest absolute Gasteiger partial charge is 0.0622 e. The SMILES string of the molecule is CN(CC1NCCCC1(C)C)C1CCOC1. The third-order valence-electron chi connectivity index (χ3n) is 4.33. The maximum absolute atomic E-state index is 5.46. The van der Waals surface area contributed by atoms with Gasteiger partial charge in [-0.3, -0.25) is 4.90 Å². The van der Waals surface area contributed by atoms with Crippen molar-refractivity contribution < 1.29 is 4.74 Å². The van der Waals surface area contributed by atoms with Gasteiger partial charge in [-0.25, -0.2) is 0 Å². The summed E-state index contributed by atoms with van der Waals surface area (Å²) in [6.45, 7) is 8.98. The topological polar surface area (TPSA) is 24.5 Å². The average Bonchev–Trinajstić information content (AvgIpc) is 2.74. The van der Waals surface area contributed by atoms with Gasteiger partial charge in [-0.15, -0.1) is 0 Å². The molecule has 3 nitrogen and oxygen atoms in total. The fourth-order valence-electron chi connectivity index (χ4n) is 2.89. The van der Waals surface area contributed by atoms with Gasteiger partial charge in [-0.2, -0.15) is 0 Å². The molecule has 0 spiro atoms. The first-order valence-corrected chi connectivity index (χ1v) is 6.61. The van der Waals surface area contributed by atoms with Crippen molar-refractivity contribution in [3.63, 3.8) is 0 Å². The third kappa shape index (κ3) is 2.76. The molecule has 2 heterocycles. The number of hydrogen-bond acceptors (Lipinski definition) is 3. The Morgan fingerprint density at radius 3 is 2.88 bits per heavy atom. The second kappa shape index (κ2) is 5.03. The molecular formula is C13H26N2O. The van der Waals surface area contributed by atoms with E-state index >= 15 is 0 Å². The zero-order valence-corrected chi connectivity index (χ0v) is 11.0. The largest absolute Gasteiger partial charge is 0.380 e. The molecule has 0 bridgehead atoms. The summed E-state index contributed by atoms with van der Waals surface area (Å²) in [5, 5.41) is 3.68. The number of hydrogen-bond donors (Lipinski definition) is 1. The third-order valence-corrected chi connectivity index (χ3v) is 4.33. The summed E-state index contributed by atoms with van der Waals surface area (Å²) in [7, 11) is 2.24. The van der Waals surface area contributed by atoms with Crippen molar-refractivity contribution in [2.24, 2.45) is 5.41 Å². The maximum atomic E-state index is 5.46. The summed E-state index contributed by atoms with van der Waals surface area (Å²) in [6.07, 6.45) is 3.86. The molecule has 2 aliphatic rings.